The number of carboxylic acid groups (broad SMARTS) is 1. The Kier molecular flexibility index (Phi) is 7.30. The number of carbonyl (C=O) groups is 1. The number of hydrogen-bond acceptors (Lipinski definition) is 3. The predicted octanol–water partition coefficient (Wildman–Crippen LogP) is 3.63. The van der Waals surface area contributed by atoms with Crippen LogP contribution in [-0.4, -0.2) is 23.7 Å². The van der Waals surface area contributed by atoms with Gasteiger partial charge in [0.2, 0.25) is 0 Å². The fourth-order valence-electron chi connectivity index (χ4n) is 2.49. The van der Waals surface area contributed by atoms with Crippen molar-refractivity contribution in [1.82, 2.24) is 0 Å². The van der Waals surface area contributed by atoms with Gasteiger partial charge in [0, 0.05) is 0 Å². The zero-order valence-electron chi connectivity index (χ0n) is 13.9. The Morgan fingerprint density at radius 3 is 2.29 bits per heavy atom. The van der Waals surface area contributed by atoms with Gasteiger partial charge in [0.25, 0.3) is 0 Å². The zero-order valence-corrected chi connectivity index (χ0v) is 13.9. The molecule has 4 heteroatoms. The van der Waals surface area contributed by atoms with Gasteiger partial charge in [0.1, 0.15) is 11.8 Å². The summed E-state index contributed by atoms with van der Waals surface area (Å²) in [7, 11) is 0. The van der Waals surface area contributed by atoms with Crippen LogP contribution in [-0.2, 0) is 11.2 Å². The van der Waals surface area contributed by atoms with E-state index in [0.29, 0.717) is 13.0 Å². The maximum Gasteiger partial charge on any atom is 0.320 e. The second kappa shape index (κ2) is 9.73. The Balaban J connectivity index is 1.64. The standard InChI is InChI=1S/C20H25NO3/c21-19(20(22)23)9-5-2-6-14-24-18-12-10-17(11-13-18)15-16-7-3-1-4-8-16/h1,3-4,7-8,10-13,19H,2,5-6,9,14-15,21H2,(H,22,23). The minimum absolute atomic E-state index is 0.517. The third kappa shape index (κ3) is 6.42. The van der Waals surface area contributed by atoms with Crippen molar-refractivity contribution in [2.24, 2.45) is 5.73 Å². The SMILES string of the molecule is NC(CCCCCOc1ccc(Cc2ccccc2)cc1)C(=O)O. The molecule has 0 radical (unpaired) electrons. The van der Waals surface area contributed by atoms with Gasteiger partial charge in [-0.1, -0.05) is 48.9 Å². The first kappa shape index (κ1) is 18.0. The zero-order chi connectivity index (χ0) is 17.2. The van der Waals surface area contributed by atoms with Gasteiger partial charge >= 0.3 is 5.97 Å². The molecular weight excluding hydrogens is 302 g/mol. The molecule has 3 N–H and O–H groups in total. The number of benzene rings is 2. The highest BCUT2D eigenvalue weighted by molar-refractivity contribution is 5.72. The van der Waals surface area contributed by atoms with Crippen LogP contribution in [0.2, 0.25) is 0 Å². The van der Waals surface area contributed by atoms with Crippen LogP contribution in [0, 0.1) is 0 Å². The fourth-order valence-corrected chi connectivity index (χ4v) is 2.49. The molecule has 0 saturated heterocycles. The van der Waals surface area contributed by atoms with Crippen LogP contribution in [0.4, 0.5) is 0 Å². The molecule has 24 heavy (non-hydrogen) atoms. The molecule has 0 bridgehead atoms. The van der Waals surface area contributed by atoms with Gasteiger partial charge in [0.15, 0.2) is 0 Å². The van der Waals surface area contributed by atoms with E-state index in [4.69, 9.17) is 15.6 Å². The predicted molar refractivity (Wildman–Crippen MR) is 95.3 cm³/mol. The van der Waals surface area contributed by atoms with Gasteiger partial charge < -0.3 is 15.6 Å². The van der Waals surface area contributed by atoms with Crippen molar-refractivity contribution in [1.29, 1.82) is 0 Å². The number of hydrogen-bond donors (Lipinski definition) is 2. The third-order valence-electron chi connectivity index (χ3n) is 3.92. The maximum absolute atomic E-state index is 10.6. The Hall–Kier alpha value is -2.33. The first-order valence-electron chi connectivity index (χ1n) is 8.39. The lowest BCUT2D eigenvalue weighted by atomic mass is 10.1. The highest BCUT2D eigenvalue weighted by Gasteiger charge is 2.09. The number of carboxylic acids is 1. The minimum atomic E-state index is -0.929. The summed E-state index contributed by atoms with van der Waals surface area (Å²) in [6, 6.07) is 17.8. The van der Waals surface area contributed by atoms with Crippen molar-refractivity contribution in [2.75, 3.05) is 6.61 Å². The largest absolute Gasteiger partial charge is 0.494 e. The first-order chi connectivity index (χ1) is 11.6. The molecule has 0 aliphatic heterocycles. The molecular formula is C20H25NO3. The van der Waals surface area contributed by atoms with Crippen LogP contribution in [0.25, 0.3) is 0 Å². The highest BCUT2D eigenvalue weighted by Crippen LogP contribution is 2.16. The molecule has 2 aromatic carbocycles. The van der Waals surface area contributed by atoms with Crippen LogP contribution in [0.5, 0.6) is 5.75 Å². The van der Waals surface area contributed by atoms with Crippen molar-refractivity contribution >= 4 is 5.97 Å². The average molecular weight is 327 g/mol. The quantitative estimate of drug-likeness (QED) is 0.654. The molecule has 4 nitrogen and oxygen atoms in total. The number of aliphatic carboxylic acids is 1. The summed E-state index contributed by atoms with van der Waals surface area (Å²) in [6.45, 7) is 0.639. The summed E-state index contributed by atoms with van der Waals surface area (Å²) in [5.41, 5.74) is 8.02. The van der Waals surface area contributed by atoms with E-state index in [-0.39, 0.29) is 0 Å². The number of unbranched alkanes of at least 4 members (excludes halogenated alkanes) is 2. The Bertz CT molecular complexity index is 611. The molecule has 0 saturated carbocycles. The molecule has 0 aromatic heterocycles. The summed E-state index contributed by atoms with van der Waals surface area (Å²) in [6.07, 6.45) is 4.08. The Labute approximate surface area is 143 Å². The van der Waals surface area contributed by atoms with Crippen molar-refractivity contribution in [2.45, 2.75) is 38.1 Å². The lowest BCUT2D eigenvalue weighted by molar-refractivity contribution is -0.138. The van der Waals surface area contributed by atoms with Crippen LogP contribution in [0.15, 0.2) is 54.6 Å². The van der Waals surface area contributed by atoms with Crippen molar-refractivity contribution < 1.29 is 14.6 Å². The van der Waals surface area contributed by atoms with Crippen LogP contribution in [0.3, 0.4) is 0 Å². The molecule has 1 atom stereocenters. The van der Waals surface area contributed by atoms with E-state index in [1.165, 1.54) is 11.1 Å². The van der Waals surface area contributed by atoms with Crippen molar-refractivity contribution in [3.05, 3.63) is 65.7 Å². The fraction of sp³-hybridized carbons (Fsp3) is 0.350. The summed E-state index contributed by atoms with van der Waals surface area (Å²) in [5, 5.41) is 8.70. The van der Waals surface area contributed by atoms with E-state index in [1.807, 2.05) is 18.2 Å². The van der Waals surface area contributed by atoms with Crippen molar-refractivity contribution in [3.63, 3.8) is 0 Å². The second-order valence-electron chi connectivity index (χ2n) is 5.95. The van der Waals surface area contributed by atoms with Gasteiger partial charge in [-0.15, -0.1) is 0 Å². The van der Waals surface area contributed by atoms with Gasteiger partial charge in [-0.05, 0) is 48.9 Å². The van der Waals surface area contributed by atoms with E-state index in [9.17, 15) is 4.79 Å². The molecule has 0 spiro atoms. The van der Waals surface area contributed by atoms with E-state index < -0.39 is 12.0 Å². The van der Waals surface area contributed by atoms with Crippen LogP contribution < -0.4 is 10.5 Å². The normalized spacial score (nSPS) is 11.9. The van der Waals surface area contributed by atoms with Crippen LogP contribution >= 0.6 is 0 Å². The second-order valence-corrected chi connectivity index (χ2v) is 5.95. The summed E-state index contributed by atoms with van der Waals surface area (Å²) in [5.74, 6) is -0.0594. The van der Waals surface area contributed by atoms with Gasteiger partial charge in [-0.25, -0.2) is 0 Å². The maximum atomic E-state index is 10.6. The van der Waals surface area contributed by atoms with E-state index >= 15 is 0 Å². The molecule has 1 unspecified atom stereocenters. The van der Waals surface area contributed by atoms with Gasteiger partial charge in [0.05, 0.1) is 6.61 Å². The third-order valence-corrected chi connectivity index (χ3v) is 3.92. The Morgan fingerprint density at radius 1 is 0.958 bits per heavy atom. The van der Waals surface area contributed by atoms with Gasteiger partial charge in [-0.2, -0.15) is 0 Å². The molecule has 0 heterocycles. The smallest absolute Gasteiger partial charge is 0.320 e. The summed E-state index contributed by atoms with van der Waals surface area (Å²) < 4.78 is 5.72. The van der Waals surface area contributed by atoms with Crippen molar-refractivity contribution in [3.8, 4) is 5.75 Å². The Morgan fingerprint density at radius 2 is 1.62 bits per heavy atom. The highest BCUT2D eigenvalue weighted by atomic mass is 16.5. The van der Waals surface area contributed by atoms with E-state index in [0.717, 1.165) is 31.4 Å². The summed E-state index contributed by atoms with van der Waals surface area (Å²) >= 11 is 0. The molecule has 2 aromatic rings. The first-order valence-corrected chi connectivity index (χ1v) is 8.39. The topological polar surface area (TPSA) is 72.5 Å². The molecule has 0 amide bonds. The van der Waals surface area contributed by atoms with E-state index in [1.54, 1.807) is 0 Å². The minimum Gasteiger partial charge on any atom is -0.494 e. The van der Waals surface area contributed by atoms with Gasteiger partial charge in [-0.3, -0.25) is 4.79 Å². The monoisotopic (exact) mass is 327 g/mol. The average Bonchev–Trinajstić information content (AvgIpc) is 2.60. The lowest BCUT2D eigenvalue weighted by Gasteiger charge is -2.08. The lowest BCUT2D eigenvalue weighted by Crippen LogP contribution is -2.29. The molecule has 2 rings (SSSR count). The number of ether oxygens (including phenoxy) is 1. The molecule has 0 fully saturated rings. The molecule has 0 aliphatic carbocycles. The molecule has 128 valence electrons. The van der Waals surface area contributed by atoms with E-state index in [2.05, 4.69) is 36.4 Å². The summed E-state index contributed by atoms with van der Waals surface area (Å²) in [4.78, 5) is 10.6. The number of rotatable bonds is 10. The van der Waals surface area contributed by atoms with Crippen LogP contribution in [0.1, 0.15) is 36.8 Å². The number of nitrogens with two attached hydrogens (primary N) is 1. The molecule has 0 aliphatic rings.